The Kier molecular flexibility index (Phi) is 3.45. The molecule has 2 rings (SSSR count). The third-order valence-corrected chi connectivity index (χ3v) is 2.40. The summed E-state index contributed by atoms with van der Waals surface area (Å²) < 4.78 is 4.83. The highest BCUT2D eigenvalue weighted by Crippen LogP contribution is 2.19. The predicted molar refractivity (Wildman–Crippen MR) is 66.3 cm³/mol. The van der Waals surface area contributed by atoms with Gasteiger partial charge in [-0.05, 0) is 13.0 Å². The van der Waals surface area contributed by atoms with Crippen molar-refractivity contribution in [2.45, 2.75) is 6.92 Å². The quantitative estimate of drug-likeness (QED) is 0.576. The van der Waals surface area contributed by atoms with E-state index in [-0.39, 0.29) is 10.9 Å². The van der Waals surface area contributed by atoms with E-state index in [2.05, 4.69) is 20.9 Å². The topological polar surface area (TPSA) is 106 Å². The standard InChI is InChI=1S/C10H10ClN5O2/c1-5-2-8(16-18-5)14-10(17)6-3-7(11)9(15-12)13-4-6/h2-4H,12H2,1H3,(H,13,15)(H,14,16,17). The molecule has 0 fully saturated rings. The van der Waals surface area contributed by atoms with Crippen molar-refractivity contribution in [1.82, 2.24) is 10.1 Å². The van der Waals surface area contributed by atoms with Crippen molar-refractivity contribution < 1.29 is 9.32 Å². The Hall–Kier alpha value is -2.12. The molecule has 0 spiro atoms. The Balaban J connectivity index is 2.16. The molecule has 2 aromatic rings. The maximum atomic E-state index is 11.8. The number of hydrazine groups is 1. The zero-order chi connectivity index (χ0) is 13.1. The Morgan fingerprint density at radius 1 is 1.50 bits per heavy atom. The Morgan fingerprint density at radius 2 is 2.28 bits per heavy atom. The summed E-state index contributed by atoms with van der Waals surface area (Å²) in [7, 11) is 0. The highest BCUT2D eigenvalue weighted by molar-refractivity contribution is 6.33. The lowest BCUT2D eigenvalue weighted by Crippen LogP contribution is -2.14. The van der Waals surface area contributed by atoms with Gasteiger partial charge in [-0.15, -0.1) is 0 Å². The van der Waals surface area contributed by atoms with Crippen LogP contribution in [0.5, 0.6) is 0 Å². The highest BCUT2D eigenvalue weighted by atomic mass is 35.5. The minimum absolute atomic E-state index is 0.251. The number of carbonyl (C=O) groups is 1. The van der Waals surface area contributed by atoms with Gasteiger partial charge in [-0.1, -0.05) is 16.8 Å². The van der Waals surface area contributed by atoms with Crippen molar-refractivity contribution in [1.29, 1.82) is 0 Å². The molecule has 0 aliphatic heterocycles. The molecule has 1 amide bonds. The van der Waals surface area contributed by atoms with E-state index in [4.69, 9.17) is 22.0 Å². The van der Waals surface area contributed by atoms with Crippen LogP contribution < -0.4 is 16.6 Å². The fourth-order valence-electron chi connectivity index (χ4n) is 1.28. The molecular weight excluding hydrogens is 258 g/mol. The van der Waals surface area contributed by atoms with E-state index in [9.17, 15) is 4.79 Å². The highest BCUT2D eigenvalue weighted by Gasteiger charge is 2.11. The van der Waals surface area contributed by atoms with Crippen LogP contribution in [-0.2, 0) is 0 Å². The first-order chi connectivity index (χ1) is 8.60. The molecular formula is C10H10ClN5O2. The molecule has 2 aromatic heterocycles. The monoisotopic (exact) mass is 267 g/mol. The summed E-state index contributed by atoms with van der Waals surface area (Å²) in [4.78, 5) is 15.7. The number of halogens is 1. The van der Waals surface area contributed by atoms with E-state index in [1.807, 2.05) is 0 Å². The van der Waals surface area contributed by atoms with Crippen LogP contribution in [0, 0.1) is 6.92 Å². The number of aromatic nitrogens is 2. The molecule has 0 atom stereocenters. The van der Waals surface area contributed by atoms with Crippen LogP contribution in [0.1, 0.15) is 16.1 Å². The lowest BCUT2D eigenvalue weighted by atomic mass is 10.2. The van der Waals surface area contributed by atoms with Gasteiger partial charge in [0.2, 0.25) is 0 Å². The molecule has 0 saturated carbocycles. The van der Waals surface area contributed by atoms with Gasteiger partial charge in [-0.2, -0.15) is 0 Å². The molecule has 0 bridgehead atoms. The maximum absolute atomic E-state index is 11.8. The molecule has 2 heterocycles. The van der Waals surface area contributed by atoms with E-state index in [1.54, 1.807) is 13.0 Å². The van der Waals surface area contributed by atoms with Crippen molar-refractivity contribution in [2.75, 3.05) is 10.7 Å². The van der Waals surface area contributed by atoms with E-state index >= 15 is 0 Å². The fraction of sp³-hybridized carbons (Fsp3) is 0.100. The number of pyridine rings is 1. The maximum Gasteiger partial charge on any atom is 0.258 e. The van der Waals surface area contributed by atoms with Gasteiger partial charge < -0.3 is 15.3 Å². The zero-order valence-electron chi connectivity index (χ0n) is 9.40. The Morgan fingerprint density at radius 3 is 2.83 bits per heavy atom. The predicted octanol–water partition coefficient (Wildman–Crippen LogP) is 1.57. The first-order valence-corrected chi connectivity index (χ1v) is 5.35. The average Bonchev–Trinajstić information content (AvgIpc) is 2.74. The Labute approximate surface area is 107 Å². The van der Waals surface area contributed by atoms with Gasteiger partial charge in [0.15, 0.2) is 11.6 Å². The van der Waals surface area contributed by atoms with Gasteiger partial charge in [0.05, 0.1) is 10.6 Å². The van der Waals surface area contributed by atoms with Gasteiger partial charge in [-0.25, -0.2) is 10.8 Å². The van der Waals surface area contributed by atoms with Gasteiger partial charge >= 0.3 is 0 Å². The number of carbonyl (C=O) groups excluding carboxylic acids is 1. The van der Waals surface area contributed by atoms with Crippen LogP contribution in [0.2, 0.25) is 5.02 Å². The minimum Gasteiger partial charge on any atom is -0.360 e. The fourth-order valence-corrected chi connectivity index (χ4v) is 1.50. The number of anilines is 2. The summed E-state index contributed by atoms with van der Waals surface area (Å²) in [5.41, 5.74) is 2.60. The molecule has 0 aliphatic rings. The number of nitrogens with zero attached hydrogens (tertiary/aromatic N) is 2. The molecule has 7 nitrogen and oxygen atoms in total. The summed E-state index contributed by atoms with van der Waals surface area (Å²) in [6.45, 7) is 1.72. The normalized spacial score (nSPS) is 10.2. The van der Waals surface area contributed by atoms with Crippen molar-refractivity contribution >= 4 is 29.1 Å². The third kappa shape index (κ3) is 2.58. The second-order valence-electron chi connectivity index (χ2n) is 3.48. The zero-order valence-corrected chi connectivity index (χ0v) is 10.2. The van der Waals surface area contributed by atoms with Gasteiger partial charge in [-0.3, -0.25) is 4.79 Å². The number of hydrogen-bond acceptors (Lipinski definition) is 6. The largest absolute Gasteiger partial charge is 0.360 e. The lowest BCUT2D eigenvalue weighted by Gasteiger charge is -2.04. The second-order valence-corrected chi connectivity index (χ2v) is 3.88. The first kappa shape index (κ1) is 12.3. The number of aryl methyl sites for hydroxylation is 1. The van der Waals surface area contributed by atoms with E-state index in [1.165, 1.54) is 12.3 Å². The van der Waals surface area contributed by atoms with Gasteiger partial charge in [0.25, 0.3) is 5.91 Å². The molecule has 94 valence electrons. The summed E-state index contributed by atoms with van der Waals surface area (Å²) >= 11 is 5.86. The molecule has 0 saturated heterocycles. The van der Waals surface area contributed by atoms with Crippen LogP contribution >= 0.6 is 11.6 Å². The summed E-state index contributed by atoms with van der Waals surface area (Å²) in [6.07, 6.45) is 1.35. The summed E-state index contributed by atoms with van der Waals surface area (Å²) in [5, 5.41) is 6.45. The number of nitrogens with two attached hydrogens (primary N) is 1. The van der Waals surface area contributed by atoms with Crippen molar-refractivity contribution in [2.24, 2.45) is 5.84 Å². The summed E-state index contributed by atoms with van der Waals surface area (Å²) in [6, 6.07) is 3.05. The number of nitrogens with one attached hydrogen (secondary N) is 2. The van der Waals surface area contributed by atoms with Crippen molar-refractivity contribution in [3.63, 3.8) is 0 Å². The molecule has 18 heavy (non-hydrogen) atoms. The Bertz CT molecular complexity index is 583. The van der Waals surface area contributed by atoms with Crippen molar-refractivity contribution in [3.8, 4) is 0 Å². The van der Waals surface area contributed by atoms with E-state index < -0.39 is 0 Å². The second kappa shape index (κ2) is 5.03. The van der Waals surface area contributed by atoms with Crippen molar-refractivity contribution in [3.05, 3.63) is 34.7 Å². The number of rotatable bonds is 3. The van der Waals surface area contributed by atoms with Gasteiger partial charge in [0, 0.05) is 12.3 Å². The first-order valence-electron chi connectivity index (χ1n) is 4.97. The molecule has 8 heteroatoms. The van der Waals surface area contributed by atoms with Crippen LogP contribution in [0.15, 0.2) is 22.9 Å². The molecule has 0 radical (unpaired) electrons. The van der Waals surface area contributed by atoms with E-state index in [0.717, 1.165) is 0 Å². The van der Waals surface area contributed by atoms with Crippen LogP contribution in [0.4, 0.5) is 11.6 Å². The van der Waals surface area contributed by atoms with Crippen LogP contribution in [-0.4, -0.2) is 16.0 Å². The molecule has 0 aliphatic carbocycles. The number of nitrogen functional groups attached to an aromatic ring is 1. The third-order valence-electron chi connectivity index (χ3n) is 2.11. The smallest absolute Gasteiger partial charge is 0.258 e. The van der Waals surface area contributed by atoms with Crippen LogP contribution in [0.25, 0.3) is 0 Å². The SMILES string of the molecule is Cc1cc(NC(=O)c2cnc(NN)c(Cl)c2)no1. The number of amides is 1. The minimum atomic E-state index is -0.388. The molecule has 0 aromatic carbocycles. The van der Waals surface area contributed by atoms with E-state index in [0.29, 0.717) is 23.0 Å². The number of hydrogen-bond donors (Lipinski definition) is 3. The molecule has 0 unspecified atom stereocenters. The van der Waals surface area contributed by atoms with Crippen LogP contribution in [0.3, 0.4) is 0 Å². The average molecular weight is 268 g/mol. The van der Waals surface area contributed by atoms with Gasteiger partial charge in [0.1, 0.15) is 5.76 Å². The lowest BCUT2D eigenvalue weighted by molar-refractivity contribution is 0.102. The summed E-state index contributed by atoms with van der Waals surface area (Å²) in [5.74, 6) is 6.02. The molecule has 4 N–H and O–H groups in total.